The van der Waals surface area contributed by atoms with Gasteiger partial charge in [0.15, 0.2) is 0 Å². The van der Waals surface area contributed by atoms with Gasteiger partial charge in [-0.2, -0.15) is 0 Å². The summed E-state index contributed by atoms with van der Waals surface area (Å²) in [5.74, 6) is 0.585. The Kier molecular flexibility index (Phi) is 8.25. The number of amides is 2. The van der Waals surface area contributed by atoms with Gasteiger partial charge in [-0.3, -0.25) is 9.59 Å². The van der Waals surface area contributed by atoms with Gasteiger partial charge in [-0.05, 0) is 57.4 Å². The molecule has 0 fully saturated rings. The lowest BCUT2D eigenvalue weighted by Gasteiger charge is -2.29. The van der Waals surface area contributed by atoms with Gasteiger partial charge in [-0.15, -0.1) is 0 Å². The first-order valence-corrected chi connectivity index (χ1v) is 10.1. The normalized spacial score (nSPS) is 11.8. The third-order valence-corrected chi connectivity index (χ3v) is 4.86. The minimum atomic E-state index is -0.551. The van der Waals surface area contributed by atoms with Gasteiger partial charge in [-0.1, -0.05) is 42.0 Å². The second-order valence-electron chi connectivity index (χ2n) is 7.69. The number of rotatable bonds is 9. The maximum atomic E-state index is 13.1. The molecule has 0 aliphatic heterocycles. The highest BCUT2D eigenvalue weighted by Crippen LogP contribution is 2.16. The van der Waals surface area contributed by atoms with E-state index in [1.165, 1.54) is 5.56 Å². The molecule has 0 saturated heterocycles. The summed E-state index contributed by atoms with van der Waals surface area (Å²) < 4.78 is 5.20. The fourth-order valence-electron chi connectivity index (χ4n) is 3.07. The van der Waals surface area contributed by atoms with Gasteiger partial charge in [-0.25, -0.2) is 0 Å². The minimum absolute atomic E-state index is 0.0236. The molecule has 156 valence electrons. The van der Waals surface area contributed by atoms with Gasteiger partial charge in [0.25, 0.3) is 0 Å². The molecule has 0 bridgehead atoms. The minimum Gasteiger partial charge on any atom is -0.497 e. The Morgan fingerprint density at radius 2 is 1.55 bits per heavy atom. The number of aryl methyl sites for hydroxylation is 2. The highest BCUT2D eigenvalue weighted by Gasteiger charge is 2.26. The van der Waals surface area contributed by atoms with Gasteiger partial charge in [0.1, 0.15) is 11.8 Å². The number of methoxy groups -OCH3 is 1. The Morgan fingerprint density at radius 3 is 2.10 bits per heavy atom. The first kappa shape index (κ1) is 22.5. The van der Waals surface area contributed by atoms with Crippen molar-refractivity contribution in [3.8, 4) is 5.75 Å². The molecule has 1 N–H and O–H groups in total. The van der Waals surface area contributed by atoms with Crippen LogP contribution in [0.1, 0.15) is 43.9 Å². The lowest BCUT2D eigenvalue weighted by atomic mass is 10.1. The molecule has 1 atom stereocenters. The zero-order chi connectivity index (χ0) is 21.4. The van der Waals surface area contributed by atoms with Crippen molar-refractivity contribution in [1.82, 2.24) is 10.2 Å². The molecule has 2 aromatic rings. The molecule has 0 spiro atoms. The third kappa shape index (κ3) is 6.93. The first-order valence-electron chi connectivity index (χ1n) is 10.1. The average molecular weight is 397 g/mol. The van der Waals surface area contributed by atoms with Crippen LogP contribution in [0.4, 0.5) is 0 Å². The highest BCUT2D eigenvalue weighted by atomic mass is 16.5. The van der Waals surface area contributed by atoms with Crippen LogP contribution in [0, 0.1) is 6.92 Å². The van der Waals surface area contributed by atoms with Crippen LogP contribution in [0.3, 0.4) is 0 Å². The molecular formula is C24H32N2O3. The standard InChI is InChI=1S/C24H32N2O3/c1-17(2)25-24(28)19(4)26(16-21-10-13-22(29-5)14-11-21)23(27)15-12-20-8-6-18(3)7-9-20/h6-11,13-14,17,19H,12,15-16H2,1-5H3,(H,25,28). The van der Waals surface area contributed by atoms with E-state index >= 15 is 0 Å². The molecule has 0 aliphatic carbocycles. The number of nitrogens with zero attached hydrogens (tertiary/aromatic N) is 1. The van der Waals surface area contributed by atoms with E-state index in [1.807, 2.05) is 69.3 Å². The van der Waals surface area contributed by atoms with E-state index in [0.717, 1.165) is 16.9 Å². The monoisotopic (exact) mass is 396 g/mol. The zero-order valence-electron chi connectivity index (χ0n) is 18.1. The molecule has 2 amide bonds. The molecule has 0 heterocycles. The lowest BCUT2D eigenvalue weighted by molar-refractivity contribution is -0.140. The fraction of sp³-hybridized carbons (Fsp3) is 0.417. The number of hydrogen-bond acceptors (Lipinski definition) is 3. The van der Waals surface area contributed by atoms with Crippen LogP contribution in [0.2, 0.25) is 0 Å². The van der Waals surface area contributed by atoms with Crippen LogP contribution >= 0.6 is 0 Å². The number of carbonyl (C=O) groups is 2. The van der Waals surface area contributed by atoms with E-state index in [-0.39, 0.29) is 17.9 Å². The van der Waals surface area contributed by atoms with Crippen molar-refractivity contribution < 1.29 is 14.3 Å². The van der Waals surface area contributed by atoms with Gasteiger partial charge in [0, 0.05) is 19.0 Å². The summed E-state index contributed by atoms with van der Waals surface area (Å²) in [7, 11) is 1.62. The number of nitrogens with one attached hydrogen (secondary N) is 1. The Bertz CT molecular complexity index is 798. The fourth-order valence-corrected chi connectivity index (χ4v) is 3.07. The maximum absolute atomic E-state index is 13.1. The molecule has 0 aromatic heterocycles. The average Bonchev–Trinajstić information content (AvgIpc) is 2.70. The van der Waals surface area contributed by atoms with Crippen molar-refractivity contribution >= 4 is 11.8 Å². The van der Waals surface area contributed by atoms with Crippen LogP contribution in [-0.2, 0) is 22.6 Å². The number of benzene rings is 2. The highest BCUT2D eigenvalue weighted by molar-refractivity contribution is 5.87. The molecule has 0 saturated carbocycles. The maximum Gasteiger partial charge on any atom is 0.242 e. The van der Waals surface area contributed by atoms with Crippen LogP contribution in [0.25, 0.3) is 0 Å². The van der Waals surface area contributed by atoms with E-state index in [4.69, 9.17) is 4.74 Å². The summed E-state index contributed by atoms with van der Waals surface area (Å²) in [6.07, 6.45) is 1.01. The summed E-state index contributed by atoms with van der Waals surface area (Å²) in [6, 6.07) is 15.2. The third-order valence-electron chi connectivity index (χ3n) is 4.86. The topological polar surface area (TPSA) is 58.6 Å². The van der Waals surface area contributed by atoms with Crippen LogP contribution < -0.4 is 10.1 Å². The largest absolute Gasteiger partial charge is 0.497 e. The molecule has 5 nitrogen and oxygen atoms in total. The van der Waals surface area contributed by atoms with Crippen LogP contribution in [0.5, 0.6) is 5.75 Å². The molecule has 2 rings (SSSR count). The van der Waals surface area contributed by atoms with E-state index < -0.39 is 6.04 Å². The molecule has 5 heteroatoms. The SMILES string of the molecule is COc1ccc(CN(C(=O)CCc2ccc(C)cc2)C(C)C(=O)NC(C)C)cc1. The Hall–Kier alpha value is -2.82. The van der Waals surface area contributed by atoms with Crippen molar-refractivity contribution in [3.05, 3.63) is 65.2 Å². The Morgan fingerprint density at radius 1 is 0.966 bits per heavy atom. The van der Waals surface area contributed by atoms with Crippen molar-refractivity contribution in [2.45, 2.75) is 59.2 Å². The smallest absolute Gasteiger partial charge is 0.242 e. The van der Waals surface area contributed by atoms with E-state index in [2.05, 4.69) is 5.32 Å². The molecule has 1 unspecified atom stereocenters. The second kappa shape index (κ2) is 10.6. The summed E-state index contributed by atoms with van der Waals surface area (Å²) in [5.41, 5.74) is 3.27. The quantitative estimate of drug-likeness (QED) is 0.700. The summed E-state index contributed by atoms with van der Waals surface area (Å²) in [4.78, 5) is 27.3. The van der Waals surface area contributed by atoms with E-state index in [1.54, 1.807) is 18.9 Å². The van der Waals surface area contributed by atoms with Gasteiger partial charge in [0.2, 0.25) is 11.8 Å². The van der Waals surface area contributed by atoms with Gasteiger partial charge < -0.3 is 15.0 Å². The predicted molar refractivity (Wildman–Crippen MR) is 116 cm³/mol. The van der Waals surface area contributed by atoms with E-state index in [9.17, 15) is 9.59 Å². The van der Waals surface area contributed by atoms with Crippen molar-refractivity contribution in [1.29, 1.82) is 0 Å². The predicted octanol–water partition coefficient (Wildman–Crippen LogP) is 3.88. The summed E-state index contributed by atoms with van der Waals surface area (Å²) in [6.45, 7) is 8.03. The van der Waals surface area contributed by atoms with Gasteiger partial charge >= 0.3 is 0 Å². The van der Waals surface area contributed by atoms with Crippen molar-refractivity contribution in [2.24, 2.45) is 0 Å². The molecule has 0 radical (unpaired) electrons. The Balaban J connectivity index is 2.13. The Labute approximate surface area is 174 Å². The van der Waals surface area contributed by atoms with Crippen LogP contribution in [0.15, 0.2) is 48.5 Å². The summed E-state index contributed by atoms with van der Waals surface area (Å²) >= 11 is 0. The molecular weight excluding hydrogens is 364 g/mol. The summed E-state index contributed by atoms with van der Waals surface area (Å²) in [5, 5.41) is 2.91. The van der Waals surface area contributed by atoms with E-state index in [0.29, 0.717) is 19.4 Å². The first-order chi connectivity index (χ1) is 13.8. The molecule has 2 aromatic carbocycles. The van der Waals surface area contributed by atoms with Crippen LogP contribution in [-0.4, -0.2) is 35.9 Å². The van der Waals surface area contributed by atoms with Gasteiger partial charge in [0.05, 0.1) is 7.11 Å². The van der Waals surface area contributed by atoms with Crippen molar-refractivity contribution in [3.63, 3.8) is 0 Å². The molecule has 0 aliphatic rings. The second-order valence-corrected chi connectivity index (χ2v) is 7.69. The van der Waals surface area contributed by atoms with Crippen molar-refractivity contribution in [2.75, 3.05) is 7.11 Å². The molecule has 29 heavy (non-hydrogen) atoms. The lowest BCUT2D eigenvalue weighted by Crippen LogP contribution is -2.49. The number of ether oxygens (including phenoxy) is 1. The zero-order valence-corrected chi connectivity index (χ0v) is 18.1. The number of carbonyl (C=O) groups excluding carboxylic acids is 2. The number of hydrogen-bond donors (Lipinski definition) is 1.